The van der Waals surface area contributed by atoms with Crippen molar-refractivity contribution in [3.63, 3.8) is 0 Å². The molecule has 130 valence electrons. The van der Waals surface area contributed by atoms with E-state index in [0.29, 0.717) is 32.6 Å². The van der Waals surface area contributed by atoms with Crippen molar-refractivity contribution in [2.75, 3.05) is 25.1 Å². The molecule has 2 heterocycles. The number of thiazole rings is 1. The van der Waals surface area contributed by atoms with Gasteiger partial charge in [-0.05, 0) is 31.0 Å². The lowest BCUT2D eigenvalue weighted by atomic mass is 9.79. The normalized spacial score (nSPS) is 17.8. The van der Waals surface area contributed by atoms with Gasteiger partial charge in [0.25, 0.3) is 0 Å². The second kappa shape index (κ2) is 6.43. The second-order valence-electron chi connectivity index (χ2n) is 7.50. The van der Waals surface area contributed by atoms with Crippen LogP contribution in [-0.2, 0) is 14.9 Å². The molecule has 1 fully saturated rings. The van der Waals surface area contributed by atoms with Crippen molar-refractivity contribution in [3.8, 4) is 0 Å². The van der Waals surface area contributed by atoms with Gasteiger partial charge in [-0.25, -0.2) is 4.98 Å². The lowest BCUT2D eigenvalue weighted by Crippen LogP contribution is -2.46. The maximum absolute atomic E-state index is 12.8. The highest BCUT2D eigenvalue weighted by Gasteiger charge is 2.38. The number of rotatable bonds is 3. The van der Waals surface area contributed by atoms with Gasteiger partial charge in [0.05, 0.1) is 20.6 Å². The van der Waals surface area contributed by atoms with E-state index < -0.39 is 5.41 Å². The quantitative estimate of drug-likeness (QED) is 0.893. The van der Waals surface area contributed by atoms with E-state index in [1.54, 1.807) is 11.3 Å². The number of nitrogens with zero attached hydrogens (tertiary/aromatic N) is 1. The van der Waals surface area contributed by atoms with Crippen molar-refractivity contribution in [2.24, 2.45) is 11.1 Å². The average molecular weight is 347 g/mol. The van der Waals surface area contributed by atoms with Crippen molar-refractivity contribution in [1.82, 2.24) is 4.98 Å². The second-order valence-corrected chi connectivity index (χ2v) is 8.53. The molecule has 3 rings (SSSR count). The SMILES string of the molecule is CC(C)(C)c1nc2ccc(NC(=O)C3(CN)CCOCC3)cc2s1. The van der Waals surface area contributed by atoms with Crippen molar-refractivity contribution < 1.29 is 9.53 Å². The molecule has 0 atom stereocenters. The Morgan fingerprint density at radius 3 is 2.71 bits per heavy atom. The van der Waals surface area contributed by atoms with Crippen LogP contribution in [0.25, 0.3) is 10.2 Å². The lowest BCUT2D eigenvalue weighted by molar-refractivity contribution is -0.130. The zero-order valence-electron chi connectivity index (χ0n) is 14.5. The van der Waals surface area contributed by atoms with Crippen LogP contribution in [0.4, 0.5) is 5.69 Å². The molecule has 0 radical (unpaired) electrons. The van der Waals surface area contributed by atoms with Crippen molar-refractivity contribution in [2.45, 2.75) is 39.0 Å². The molecule has 0 unspecified atom stereocenters. The number of nitrogens with one attached hydrogen (secondary N) is 1. The molecule has 0 spiro atoms. The summed E-state index contributed by atoms with van der Waals surface area (Å²) in [5, 5.41) is 4.15. The third-order valence-electron chi connectivity index (χ3n) is 4.61. The smallest absolute Gasteiger partial charge is 0.232 e. The first-order valence-electron chi connectivity index (χ1n) is 8.34. The number of nitrogens with two attached hydrogens (primary N) is 1. The Morgan fingerprint density at radius 2 is 2.08 bits per heavy atom. The fourth-order valence-electron chi connectivity index (χ4n) is 2.87. The summed E-state index contributed by atoms with van der Waals surface area (Å²) in [6.45, 7) is 8.00. The molecule has 1 aliphatic heterocycles. The minimum atomic E-state index is -0.516. The van der Waals surface area contributed by atoms with E-state index in [2.05, 4.69) is 26.1 Å². The zero-order valence-corrected chi connectivity index (χ0v) is 15.3. The highest BCUT2D eigenvalue weighted by molar-refractivity contribution is 7.18. The molecule has 2 aromatic rings. The van der Waals surface area contributed by atoms with Crippen LogP contribution in [0.3, 0.4) is 0 Å². The highest BCUT2D eigenvalue weighted by atomic mass is 32.1. The third-order valence-corrected chi connectivity index (χ3v) is 6.05. The van der Waals surface area contributed by atoms with Gasteiger partial charge in [0.1, 0.15) is 0 Å². The van der Waals surface area contributed by atoms with E-state index in [1.165, 1.54) is 0 Å². The minimum Gasteiger partial charge on any atom is -0.381 e. The number of benzene rings is 1. The monoisotopic (exact) mass is 347 g/mol. The number of hydrogen-bond acceptors (Lipinski definition) is 5. The molecule has 6 heteroatoms. The van der Waals surface area contributed by atoms with Crippen molar-refractivity contribution in [1.29, 1.82) is 0 Å². The van der Waals surface area contributed by atoms with Crippen LogP contribution in [0.5, 0.6) is 0 Å². The first kappa shape index (κ1) is 17.3. The number of carbonyl (C=O) groups excluding carboxylic acids is 1. The maximum atomic E-state index is 12.8. The molecule has 0 bridgehead atoms. The zero-order chi connectivity index (χ0) is 17.4. The molecule has 1 aliphatic rings. The Kier molecular flexibility index (Phi) is 4.64. The van der Waals surface area contributed by atoms with Crippen LogP contribution in [0.1, 0.15) is 38.6 Å². The average Bonchev–Trinajstić information content (AvgIpc) is 2.99. The molecule has 1 aromatic carbocycles. The molecule has 0 saturated carbocycles. The van der Waals surface area contributed by atoms with E-state index in [4.69, 9.17) is 15.5 Å². The molecular formula is C18H25N3O2S. The summed E-state index contributed by atoms with van der Waals surface area (Å²) in [5.41, 5.74) is 7.20. The van der Waals surface area contributed by atoms with Crippen LogP contribution in [0.15, 0.2) is 18.2 Å². The van der Waals surface area contributed by atoms with Crippen LogP contribution in [-0.4, -0.2) is 30.6 Å². The van der Waals surface area contributed by atoms with Gasteiger partial charge in [-0.15, -0.1) is 11.3 Å². The molecule has 3 N–H and O–H groups in total. The van der Waals surface area contributed by atoms with E-state index in [9.17, 15) is 4.79 Å². The Morgan fingerprint density at radius 1 is 1.38 bits per heavy atom. The van der Waals surface area contributed by atoms with Gasteiger partial charge in [-0.3, -0.25) is 4.79 Å². The predicted octanol–water partition coefficient (Wildman–Crippen LogP) is 3.29. The summed E-state index contributed by atoms with van der Waals surface area (Å²) in [4.78, 5) is 17.5. The molecule has 1 saturated heterocycles. The third kappa shape index (κ3) is 3.31. The molecule has 0 aliphatic carbocycles. The van der Waals surface area contributed by atoms with Crippen LogP contribution in [0, 0.1) is 5.41 Å². The Bertz CT molecular complexity index is 742. The molecule has 5 nitrogen and oxygen atoms in total. The van der Waals surface area contributed by atoms with Crippen LogP contribution in [0.2, 0.25) is 0 Å². The molecular weight excluding hydrogens is 322 g/mol. The van der Waals surface area contributed by atoms with E-state index in [-0.39, 0.29) is 11.3 Å². The Labute approximate surface area is 146 Å². The number of hydrogen-bond donors (Lipinski definition) is 2. The lowest BCUT2D eigenvalue weighted by Gasteiger charge is -2.34. The maximum Gasteiger partial charge on any atom is 0.232 e. The van der Waals surface area contributed by atoms with Gasteiger partial charge >= 0.3 is 0 Å². The number of amides is 1. The molecule has 24 heavy (non-hydrogen) atoms. The van der Waals surface area contributed by atoms with Crippen molar-refractivity contribution >= 4 is 33.1 Å². The van der Waals surface area contributed by atoms with Crippen molar-refractivity contribution in [3.05, 3.63) is 23.2 Å². The summed E-state index contributed by atoms with van der Waals surface area (Å²) >= 11 is 1.68. The van der Waals surface area contributed by atoms with Crippen LogP contribution < -0.4 is 11.1 Å². The Balaban J connectivity index is 1.83. The van der Waals surface area contributed by atoms with E-state index in [0.717, 1.165) is 20.9 Å². The summed E-state index contributed by atoms with van der Waals surface area (Å²) in [6, 6.07) is 5.88. The molecule has 1 aromatic heterocycles. The van der Waals surface area contributed by atoms with Gasteiger partial charge in [0.2, 0.25) is 5.91 Å². The summed E-state index contributed by atoms with van der Waals surface area (Å²) < 4.78 is 6.47. The van der Waals surface area contributed by atoms with E-state index >= 15 is 0 Å². The topological polar surface area (TPSA) is 77.2 Å². The summed E-state index contributed by atoms with van der Waals surface area (Å²) in [6.07, 6.45) is 1.35. The number of carbonyl (C=O) groups is 1. The van der Waals surface area contributed by atoms with Gasteiger partial charge in [0, 0.05) is 30.9 Å². The number of anilines is 1. The van der Waals surface area contributed by atoms with Gasteiger partial charge < -0.3 is 15.8 Å². The fourth-order valence-corrected chi connectivity index (χ4v) is 3.94. The standard InChI is InChI=1S/C18H25N3O2S/c1-17(2,3)16-21-13-5-4-12(10-14(13)24-16)20-15(22)18(11-19)6-8-23-9-7-18/h4-5,10H,6-9,11,19H2,1-3H3,(H,20,22). The number of fused-ring (bicyclic) bond motifs is 1. The van der Waals surface area contributed by atoms with E-state index in [1.807, 2.05) is 18.2 Å². The Hall–Kier alpha value is -1.50. The fraction of sp³-hybridized carbons (Fsp3) is 0.556. The molecule has 1 amide bonds. The van der Waals surface area contributed by atoms with Gasteiger partial charge in [-0.1, -0.05) is 20.8 Å². The number of aromatic nitrogens is 1. The van der Waals surface area contributed by atoms with Gasteiger partial charge in [-0.2, -0.15) is 0 Å². The number of ether oxygens (including phenoxy) is 1. The predicted molar refractivity (Wildman–Crippen MR) is 98.5 cm³/mol. The minimum absolute atomic E-state index is 0.00629. The first-order valence-corrected chi connectivity index (χ1v) is 9.16. The van der Waals surface area contributed by atoms with Crippen LogP contribution >= 0.6 is 11.3 Å². The summed E-state index contributed by atoms with van der Waals surface area (Å²) in [5.74, 6) is -0.00629. The van der Waals surface area contributed by atoms with Gasteiger partial charge in [0.15, 0.2) is 0 Å². The highest BCUT2D eigenvalue weighted by Crippen LogP contribution is 2.34. The largest absolute Gasteiger partial charge is 0.381 e. The summed E-state index contributed by atoms with van der Waals surface area (Å²) in [7, 11) is 0. The first-order chi connectivity index (χ1) is 11.3.